The standard InChI is InChI=1S/C19H18FN5O3/c20-14-4-1-5-15(13(14)9-21)25-8-6-16(23-25)22-18(28)24-10-12-3-2-7-19(12,11-24)17(26)27/h1,4-6,8,12H,2-3,7,10-11H2,(H,26,27)(H,22,23,28)/t12-,19+/m0/s1. The smallest absolute Gasteiger partial charge is 0.323 e. The Morgan fingerprint density at radius 3 is 2.93 bits per heavy atom. The lowest BCUT2D eigenvalue weighted by atomic mass is 9.81. The molecule has 2 amide bonds. The SMILES string of the molecule is N#Cc1c(F)cccc1-n1ccc(NC(=O)N2C[C@@H]3CCC[C@@]3(C(=O)O)C2)n1. The number of carbonyl (C=O) groups excluding carboxylic acids is 1. The number of carbonyl (C=O) groups is 2. The Labute approximate surface area is 160 Å². The Balaban J connectivity index is 1.50. The first-order valence-corrected chi connectivity index (χ1v) is 8.98. The van der Waals surface area contributed by atoms with E-state index < -0.39 is 23.2 Å². The number of amides is 2. The average molecular weight is 383 g/mol. The number of aromatic nitrogens is 2. The molecule has 144 valence electrons. The Bertz CT molecular complexity index is 998. The molecule has 1 aliphatic carbocycles. The number of nitrogens with one attached hydrogen (secondary N) is 1. The minimum atomic E-state index is -0.847. The van der Waals surface area contributed by atoms with Crippen molar-refractivity contribution in [1.29, 1.82) is 5.26 Å². The number of likely N-dealkylation sites (tertiary alicyclic amines) is 1. The first-order chi connectivity index (χ1) is 13.4. The van der Waals surface area contributed by atoms with Crippen LogP contribution in [0.4, 0.5) is 15.0 Å². The zero-order valence-corrected chi connectivity index (χ0v) is 14.9. The molecule has 1 aromatic carbocycles. The minimum absolute atomic E-state index is 0.0289. The van der Waals surface area contributed by atoms with Gasteiger partial charge in [0.25, 0.3) is 0 Å². The van der Waals surface area contributed by atoms with E-state index in [2.05, 4.69) is 10.4 Å². The second-order valence-corrected chi connectivity index (χ2v) is 7.25. The molecule has 1 aromatic heterocycles. The molecule has 4 rings (SSSR count). The third-order valence-electron chi connectivity index (χ3n) is 5.76. The van der Waals surface area contributed by atoms with Crippen LogP contribution in [-0.2, 0) is 4.79 Å². The van der Waals surface area contributed by atoms with Crippen LogP contribution in [0.15, 0.2) is 30.5 Å². The van der Waals surface area contributed by atoms with Crippen molar-refractivity contribution >= 4 is 17.8 Å². The molecule has 8 nitrogen and oxygen atoms in total. The van der Waals surface area contributed by atoms with E-state index in [0.717, 1.165) is 12.8 Å². The highest BCUT2D eigenvalue weighted by Gasteiger charge is 2.55. The first kappa shape index (κ1) is 18.0. The molecule has 28 heavy (non-hydrogen) atoms. The van der Waals surface area contributed by atoms with Gasteiger partial charge in [-0.25, -0.2) is 13.9 Å². The Kier molecular flexibility index (Phi) is 4.26. The fraction of sp³-hybridized carbons (Fsp3) is 0.368. The van der Waals surface area contributed by atoms with Crippen LogP contribution >= 0.6 is 0 Å². The van der Waals surface area contributed by atoms with Gasteiger partial charge in [0.2, 0.25) is 0 Å². The lowest BCUT2D eigenvalue weighted by Gasteiger charge is -2.23. The fourth-order valence-electron chi connectivity index (χ4n) is 4.32. The van der Waals surface area contributed by atoms with Crippen LogP contribution in [0.3, 0.4) is 0 Å². The normalized spacial score (nSPS) is 23.3. The van der Waals surface area contributed by atoms with Gasteiger partial charge in [-0.2, -0.15) is 5.26 Å². The zero-order chi connectivity index (χ0) is 19.9. The van der Waals surface area contributed by atoms with Gasteiger partial charge in [0.1, 0.15) is 17.4 Å². The number of fused-ring (bicyclic) bond motifs is 1. The summed E-state index contributed by atoms with van der Waals surface area (Å²) in [4.78, 5) is 25.9. The molecule has 2 aromatic rings. The lowest BCUT2D eigenvalue weighted by Crippen LogP contribution is -2.38. The molecule has 2 N–H and O–H groups in total. The molecule has 2 aliphatic rings. The summed E-state index contributed by atoms with van der Waals surface area (Å²) in [6.07, 6.45) is 3.78. The molecule has 2 atom stereocenters. The van der Waals surface area contributed by atoms with Crippen molar-refractivity contribution in [2.45, 2.75) is 19.3 Å². The summed E-state index contributed by atoms with van der Waals surface area (Å²) in [5.41, 5.74) is -0.720. The van der Waals surface area contributed by atoms with Crippen LogP contribution in [0, 0.1) is 28.5 Å². The Morgan fingerprint density at radius 2 is 2.21 bits per heavy atom. The number of rotatable bonds is 3. The predicted octanol–water partition coefficient (Wildman–Crippen LogP) is 2.60. The van der Waals surface area contributed by atoms with Crippen molar-refractivity contribution in [3.8, 4) is 11.8 Å². The van der Waals surface area contributed by atoms with Gasteiger partial charge in [0, 0.05) is 25.4 Å². The highest BCUT2D eigenvalue weighted by molar-refractivity contribution is 5.89. The van der Waals surface area contributed by atoms with Crippen molar-refractivity contribution in [2.24, 2.45) is 11.3 Å². The van der Waals surface area contributed by atoms with Crippen molar-refractivity contribution in [3.63, 3.8) is 0 Å². The highest BCUT2D eigenvalue weighted by Crippen LogP contribution is 2.48. The number of hydrogen-bond acceptors (Lipinski definition) is 4. The molecule has 0 bridgehead atoms. The molecule has 2 heterocycles. The molecule has 0 spiro atoms. The van der Waals surface area contributed by atoms with Gasteiger partial charge < -0.3 is 10.0 Å². The van der Waals surface area contributed by atoms with Gasteiger partial charge in [-0.05, 0) is 30.9 Å². The van der Waals surface area contributed by atoms with E-state index in [4.69, 9.17) is 5.26 Å². The van der Waals surface area contributed by atoms with Gasteiger partial charge in [0.15, 0.2) is 5.82 Å². The average Bonchev–Trinajstić information content (AvgIpc) is 3.35. The number of halogens is 1. The van der Waals surface area contributed by atoms with Gasteiger partial charge >= 0.3 is 12.0 Å². The number of benzene rings is 1. The molecule has 9 heteroatoms. The summed E-state index contributed by atoms with van der Waals surface area (Å²) in [5, 5.41) is 25.6. The van der Waals surface area contributed by atoms with Crippen LogP contribution in [0.5, 0.6) is 0 Å². The quantitative estimate of drug-likeness (QED) is 0.846. The lowest BCUT2D eigenvalue weighted by molar-refractivity contribution is -0.149. The summed E-state index contributed by atoms with van der Waals surface area (Å²) in [7, 11) is 0. The second-order valence-electron chi connectivity index (χ2n) is 7.25. The summed E-state index contributed by atoms with van der Waals surface area (Å²) in [6, 6.07) is 7.14. The van der Waals surface area contributed by atoms with E-state index in [0.29, 0.717) is 13.0 Å². The molecule has 1 saturated carbocycles. The Hall–Kier alpha value is -3.41. The number of carboxylic acid groups (broad SMARTS) is 1. The summed E-state index contributed by atoms with van der Waals surface area (Å²) < 4.78 is 15.1. The van der Waals surface area contributed by atoms with Gasteiger partial charge in [-0.3, -0.25) is 10.1 Å². The highest BCUT2D eigenvalue weighted by atomic mass is 19.1. The number of aliphatic carboxylic acids is 1. The van der Waals surface area contributed by atoms with Gasteiger partial charge in [-0.15, -0.1) is 5.10 Å². The van der Waals surface area contributed by atoms with E-state index in [9.17, 15) is 19.1 Å². The van der Waals surface area contributed by atoms with Gasteiger partial charge in [-0.1, -0.05) is 12.5 Å². The molecule has 0 radical (unpaired) electrons. The third kappa shape index (κ3) is 2.78. The van der Waals surface area contributed by atoms with E-state index in [1.807, 2.05) is 6.07 Å². The number of nitriles is 1. The monoisotopic (exact) mass is 383 g/mol. The number of anilines is 1. The third-order valence-corrected chi connectivity index (χ3v) is 5.76. The summed E-state index contributed by atoms with van der Waals surface area (Å²) in [5.74, 6) is -1.29. The van der Waals surface area contributed by atoms with Crippen molar-refractivity contribution in [3.05, 3.63) is 41.8 Å². The van der Waals surface area contributed by atoms with E-state index in [-0.39, 0.29) is 29.5 Å². The number of hydrogen-bond donors (Lipinski definition) is 2. The maximum atomic E-state index is 13.8. The van der Waals surface area contributed by atoms with E-state index in [1.165, 1.54) is 34.0 Å². The summed E-state index contributed by atoms with van der Waals surface area (Å²) >= 11 is 0. The van der Waals surface area contributed by atoms with Gasteiger partial charge in [0.05, 0.1) is 11.1 Å². The van der Waals surface area contributed by atoms with Crippen LogP contribution in [0.2, 0.25) is 0 Å². The fourth-order valence-corrected chi connectivity index (χ4v) is 4.32. The minimum Gasteiger partial charge on any atom is -0.481 e. The number of nitrogens with zero attached hydrogens (tertiary/aromatic N) is 4. The maximum Gasteiger partial charge on any atom is 0.323 e. The van der Waals surface area contributed by atoms with Crippen LogP contribution < -0.4 is 5.32 Å². The molecule has 1 aliphatic heterocycles. The predicted molar refractivity (Wildman–Crippen MR) is 96.2 cm³/mol. The molecule has 0 unspecified atom stereocenters. The second kappa shape index (κ2) is 6.64. The van der Waals surface area contributed by atoms with E-state index >= 15 is 0 Å². The molecule has 1 saturated heterocycles. The first-order valence-electron chi connectivity index (χ1n) is 8.98. The van der Waals surface area contributed by atoms with Crippen LogP contribution in [0.1, 0.15) is 24.8 Å². The maximum absolute atomic E-state index is 13.8. The van der Waals surface area contributed by atoms with Crippen molar-refractivity contribution < 1.29 is 19.1 Å². The van der Waals surface area contributed by atoms with Crippen molar-refractivity contribution in [1.82, 2.24) is 14.7 Å². The largest absolute Gasteiger partial charge is 0.481 e. The number of urea groups is 1. The van der Waals surface area contributed by atoms with Crippen LogP contribution in [0.25, 0.3) is 5.69 Å². The molecule has 2 fully saturated rings. The zero-order valence-electron chi connectivity index (χ0n) is 14.9. The van der Waals surface area contributed by atoms with Crippen molar-refractivity contribution in [2.75, 3.05) is 18.4 Å². The molecular weight excluding hydrogens is 365 g/mol. The van der Waals surface area contributed by atoms with Crippen LogP contribution in [-0.4, -0.2) is 44.9 Å². The topological polar surface area (TPSA) is 111 Å². The number of carboxylic acids is 1. The van der Waals surface area contributed by atoms with E-state index in [1.54, 1.807) is 6.07 Å². The molecular formula is C19H18FN5O3. The summed E-state index contributed by atoms with van der Waals surface area (Å²) in [6.45, 7) is 0.587. The Morgan fingerprint density at radius 1 is 1.39 bits per heavy atom.